The van der Waals surface area contributed by atoms with Gasteiger partial charge >= 0.3 is 0 Å². The van der Waals surface area contributed by atoms with Gasteiger partial charge in [0, 0.05) is 0 Å². The van der Waals surface area contributed by atoms with Crippen LogP contribution in [0.15, 0.2) is 24.3 Å². The van der Waals surface area contributed by atoms with Gasteiger partial charge in [0.2, 0.25) is 0 Å². The van der Waals surface area contributed by atoms with Gasteiger partial charge in [-0.1, -0.05) is 41.9 Å². The third-order valence-electron chi connectivity index (χ3n) is 2.29. The number of carbonyl (C=O) groups excluding carboxylic acids is 1. The van der Waals surface area contributed by atoms with Crippen molar-refractivity contribution in [3.8, 4) is 5.75 Å². The Labute approximate surface area is 105 Å². The molecule has 0 fully saturated rings. The first kappa shape index (κ1) is 13.2. The maximum absolute atomic E-state index is 12.2. The molecule has 1 unspecified atom stereocenters. The van der Waals surface area contributed by atoms with Crippen LogP contribution in [-0.2, 0) is 0 Å². The lowest BCUT2D eigenvalue weighted by Gasteiger charge is -2.15. The Morgan fingerprint density at radius 1 is 1.38 bits per heavy atom. The van der Waals surface area contributed by atoms with E-state index < -0.39 is 0 Å². The number of para-hydroxylation sites is 1. The Morgan fingerprint density at radius 2 is 2.00 bits per heavy atom. The fourth-order valence-electron chi connectivity index (χ4n) is 1.40. The van der Waals surface area contributed by atoms with Crippen LogP contribution >= 0.6 is 15.9 Å². The van der Waals surface area contributed by atoms with Gasteiger partial charge in [-0.05, 0) is 25.0 Å². The molecular weight excluding hydrogens is 268 g/mol. The van der Waals surface area contributed by atoms with Crippen LogP contribution in [0.4, 0.5) is 0 Å². The number of benzene rings is 1. The van der Waals surface area contributed by atoms with Crippen molar-refractivity contribution < 1.29 is 9.53 Å². The Morgan fingerprint density at radius 3 is 2.56 bits per heavy atom. The monoisotopic (exact) mass is 284 g/mol. The third-order valence-corrected chi connectivity index (χ3v) is 3.76. The van der Waals surface area contributed by atoms with E-state index in [4.69, 9.17) is 4.74 Å². The van der Waals surface area contributed by atoms with Gasteiger partial charge in [-0.15, -0.1) is 0 Å². The van der Waals surface area contributed by atoms with Crippen molar-refractivity contribution in [1.29, 1.82) is 0 Å². The number of alkyl halides is 1. The molecule has 2 nitrogen and oxygen atoms in total. The highest BCUT2D eigenvalue weighted by Gasteiger charge is 2.22. The van der Waals surface area contributed by atoms with Crippen molar-refractivity contribution in [3.05, 3.63) is 29.8 Å². The maximum atomic E-state index is 12.2. The van der Waals surface area contributed by atoms with E-state index in [1.54, 1.807) is 0 Å². The van der Waals surface area contributed by atoms with Crippen LogP contribution < -0.4 is 4.74 Å². The van der Waals surface area contributed by atoms with E-state index in [1.165, 1.54) is 0 Å². The molecule has 0 bridgehead atoms. The molecule has 3 heteroatoms. The minimum atomic E-state index is -0.158. The summed E-state index contributed by atoms with van der Waals surface area (Å²) in [6, 6.07) is 7.37. The van der Waals surface area contributed by atoms with Crippen LogP contribution in [0.1, 0.15) is 31.1 Å². The quantitative estimate of drug-likeness (QED) is 0.609. The number of halogens is 1. The zero-order valence-corrected chi connectivity index (χ0v) is 11.5. The van der Waals surface area contributed by atoms with E-state index in [0.717, 1.165) is 0 Å². The second-order valence-corrected chi connectivity index (χ2v) is 4.93. The number of carbonyl (C=O) groups is 1. The predicted molar refractivity (Wildman–Crippen MR) is 69.5 cm³/mol. The summed E-state index contributed by atoms with van der Waals surface area (Å²) in [5, 5.41) is 0. The van der Waals surface area contributed by atoms with E-state index in [0.29, 0.717) is 17.9 Å². The van der Waals surface area contributed by atoms with Crippen LogP contribution in [0.5, 0.6) is 5.75 Å². The normalized spacial score (nSPS) is 12.6. The van der Waals surface area contributed by atoms with Gasteiger partial charge in [-0.25, -0.2) is 0 Å². The van der Waals surface area contributed by atoms with Gasteiger partial charge < -0.3 is 4.74 Å². The molecule has 0 saturated heterocycles. The molecule has 0 saturated carbocycles. The molecule has 16 heavy (non-hydrogen) atoms. The molecule has 88 valence electrons. The highest BCUT2D eigenvalue weighted by atomic mass is 79.9. The Hall–Kier alpha value is -0.830. The number of ether oxygens (including phenoxy) is 1. The number of ketones is 1. The molecule has 0 aliphatic rings. The molecule has 0 aliphatic carbocycles. The summed E-state index contributed by atoms with van der Waals surface area (Å²) >= 11 is 3.42. The zero-order chi connectivity index (χ0) is 12.1. The molecule has 1 rings (SSSR count). The smallest absolute Gasteiger partial charge is 0.180 e. The minimum Gasteiger partial charge on any atom is -0.493 e. The molecule has 1 aromatic carbocycles. The highest BCUT2D eigenvalue weighted by Crippen LogP contribution is 2.24. The predicted octanol–water partition coefficient (Wildman–Crippen LogP) is 3.69. The standard InChI is InChI=1S/C13H17BrO2/c1-4-16-11-8-6-5-7-10(11)13(15)12(14)9(2)3/h5-9,12H,4H2,1-3H3. The van der Waals surface area contributed by atoms with Gasteiger partial charge in [-0.2, -0.15) is 0 Å². The van der Waals surface area contributed by atoms with E-state index in [2.05, 4.69) is 15.9 Å². The molecule has 0 aromatic heterocycles. The van der Waals surface area contributed by atoms with Gasteiger partial charge in [0.1, 0.15) is 5.75 Å². The average Bonchev–Trinajstić information content (AvgIpc) is 2.28. The fourth-order valence-corrected chi connectivity index (χ4v) is 1.65. The lowest BCUT2D eigenvalue weighted by molar-refractivity contribution is 0.0974. The maximum Gasteiger partial charge on any atom is 0.180 e. The van der Waals surface area contributed by atoms with Gasteiger partial charge in [0.15, 0.2) is 5.78 Å². The summed E-state index contributed by atoms with van der Waals surface area (Å²) in [5.74, 6) is 1.02. The Balaban J connectivity index is 2.98. The molecule has 0 N–H and O–H groups in total. The van der Waals surface area contributed by atoms with Crippen LogP contribution in [0.3, 0.4) is 0 Å². The minimum absolute atomic E-state index is 0.0825. The third kappa shape index (κ3) is 3.08. The van der Waals surface area contributed by atoms with Crippen LogP contribution in [0.2, 0.25) is 0 Å². The lowest BCUT2D eigenvalue weighted by atomic mass is 10.0. The van der Waals surface area contributed by atoms with E-state index >= 15 is 0 Å². The molecule has 0 amide bonds. The number of hydrogen-bond donors (Lipinski definition) is 0. The van der Waals surface area contributed by atoms with Crippen LogP contribution in [-0.4, -0.2) is 17.2 Å². The zero-order valence-electron chi connectivity index (χ0n) is 9.87. The van der Waals surface area contributed by atoms with E-state index in [9.17, 15) is 4.79 Å². The van der Waals surface area contributed by atoms with Crippen LogP contribution in [0.25, 0.3) is 0 Å². The molecule has 0 spiro atoms. The van der Waals surface area contributed by atoms with Crippen molar-refractivity contribution in [3.63, 3.8) is 0 Å². The van der Waals surface area contributed by atoms with Gasteiger partial charge in [-0.3, -0.25) is 4.79 Å². The topological polar surface area (TPSA) is 26.3 Å². The first-order chi connectivity index (χ1) is 7.57. The molecule has 0 aliphatic heterocycles. The first-order valence-corrected chi connectivity index (χ1v) is 6.39. The summed E-state index contributed by atoms with van der Waals surface area (Å²) in [6.07, 6.45) is 0. The Bertz CT molecular complexity index is 361. The van der Waals surface area contributed by atoms with E-state index in [-0.39, 0.29) is 16.5 Å². The molecule has 0 heterocycles. The van der Waals surface area contributed by atoms with Crippen molar-refractivity contribution in [2.24, 2.45) is 5.92 Å². The van der Waals surface area contributed by atoms with E-state index in [1.807, 2.05) is 45.0 Å². The van der Waals surface area contributed by atoms with Crippen LogP contribution in [0, 0.1) is 5.92 Å². The van der Waals surface area contributed by atoms with Crippen molar-refractivity contribution in [2.75, 3.05) is 6.61 Å². The average molecular weight is 285 g/mol. The fraction of sp³-hybridized carbons (Fsp3) is 0.462. The molecule has 1 aromatic rings. The Kier molecular flexibility index (Phi) is 5.00. The second kappa shape index (κ2) is 6.04. The van der Waals surface area contributed by atoms with Crippen molar-refractivity contribution >= 4 is 21.7 Å². The summed E-state index contributed by atoms with van der Waals surface area (Å²) < 4.78 is 5.45. The molecule has 0 radical (unpaired) electrons. The number of rotatable bonds is 5. The largest absolute Gasteiger partial charge is 0.493 e. The van der Waals surface area contributed by atoms with Gasteiger partial charge in [0.05, 0.1) is 17.0 Å². The van der Waals surface area contributed by atoms with Crippen molar-refractivity contribution in [2.45, 2.75) is 25.6 Å². The summed E-state index contributed by atoms with van der Waals surface area (Å²) in [7, 11) is 0. The van der Waals surface area contributed by atoms with Crippen molar-refractivity contribution in [1.82, 2.24) is 0 Å². The lowest BCUT2D eigenvalue weighted by Crippen LogP contribution is -2.20. The summed E-state index contributed by atoms with van der Waals surface area (Å²) in [6.45, 7) is 6.51. The highest BCUT2D eigenvalue weighted by molar-refractivity contribution is 9.10. The summed E-state index contributed by atoms with van der Waals surface area (Å²) in [4.78, 5) is 12.0. The molecular formula is C13H17BrO2. The number of hydrogen-bond acceptors (Lipinski definition) is 2. The molecule has 1 atom stereocenters. The number of Topliss-reactive ketones (excluding diaryl/α,β-unsaturated/α-hetero) is 1. The first-order valence-electron chi connectivity index (χ1n) is 5.48. The SMILES string of the molecule is CCOc1ccccc1C(=O)C(Br)C(C)C. The summed E-state index contributed by atoms with van der Waals surface area (Å²) in [5.41, 5.74) is 0.653. The van der Waals surface area contributed by atoms with Gasteiger partial charge in [0.25, 0.3) is 0 Å². The second-order valence-electron chi connectivity index (χ2n) is 3.94.